The molecule has 0 spiro atoms. The third-order valence-corrected chi connectivity index (χ3v) is 3.18. The van der Waals surface area contributed by atoms with E-state index >= 15 is 0 Å². The molecule has 17 heavy (non-hydrogen) atoms. The molecule has 0 unspecified atom stereocenters. The number of benzene rings is 1. The highest BCUT2D eigenvalue weighted by Crippen LogP contribution is 2.11. The molecule has 0 aliphatic rings. The molecule has 0 saturated carbocycles. The molecule has 4 heteroatoms. The van der Waals surface area contributed by atoms with Crippen molar-refractivity contribution >= 4 is 23.4 Å². The van der Waals surface area contributed by atoms with Gasteiger partial charge in [-0.15, -0.1) is 11.8 Å². The number of anilines is 1. The number of aliphatic hydroxyl groups is 1. The highest BCUT2D eigenvalue weighted by molar-refractivity contribution is 7.99. The summed E-state index contributed by atoms with van der Waals surface area (Å²) in [6.45, 7) is 2.26. The number of aliphatic hydroxyl groups excluding tert-OH is 1. The Labute approximate surface area is 107 Å². The van der Waals surface area contributed by atoms with Gasteiger partial charge in [0, 0.05) is 11.4 Å². The number of hydrogen-bond acceptors (Lipinski definition) is 3. The molecule has 0 atom stereocenters. The summed E-state index contributed by atoms with van der Waals surface area (Å²) in [6, 6.07) is 7.94. The highest BCUT2D eigenvalue weighted by atomic mass is 32.2. The fourth-order valence-electron chi connectivity index (χ4n) is 1.47. The Morgan fingerprint density at radius 3 is 2.65 bits per heavy atom. The average molecular weight is 253 g/mol. The van der Waals surface area contributed by atoms with Gasteiger partial charge in [0.2, 0.25) is 5.91 Å². The SMILES string of the molecule is CCCc1ccc(NC(=O)CSCCO)cc1. The van der Waals surface area contributed by atoms with Gasteiger partial charge in [0.15, 0.2) is 0 Å². The fourth-order valence-corrected chi connectivity index (χ4v) is 2.00. The van der Waals surface area contributed by atoms with Gasteiger partial charge in [-0.3, -0.25) is 4.79 Å². The molecule has 1 amide bonds. The summed E-state index contributed by atoms with van der Waals surface area (Å²) >= 11 is 1.43. The van der Waals surface area contributed by atoms with Crippen LogP contribution in [0, 0.1) is 0 Å². The second-order valence-electron chi connectivity index (χ2n) is 3.77. The van der Waals surface area contributed by atoms with Gasteiger partial charge in [-0.05, 0) is 24.1 Å². The van der Waals surface area contributed by atoms with Gasteiger partial charge in [0.1, 0.15) is 0 Å². The van der Waals surface area contributed by atoms with Crippen LogP contribution in [0.15, 0.2) is 24.3 Å². The van der Waals surface area contributed by atoms with Crippen LogP contribution in [-0.4, -0.2) is 29.1 Å². The van der Waals surface area contributed by atoms with Gasteiger partial charge < -0.3 is 10.4 Å². The lowest BCUT2D eigenvalue weighted by molar-refractivity contribution is -0.113. The van der Waals surface area contributed by atoms with Crippen LogP contribution in [-0.2, 0) is 11.2 Å². The van der Waals surface area contributed by atoms with Crippen LogP contribution in [0.1, 0.15) is 18.9 Å². The van der Waals surface area contributed by atoms with Crippen molar-refractivity contribution in [3.05, 3.63) is 29.8 Å². The molecule has 1 aromatic rings. The number of carbonyl (C=O) groups excluding carboxylic acids is 1. The van der Waals surface area contributed by atoms with Gasteiger partial charge in [-0.1, -0.05) is 25.5 Å². The van der Waals surface area contributed by atoms with Crippen molar-refractivity contribution in [1.29, 1.82) is 0 Å². The van der Waals surface area contributed by atoms with Gasteiger partial charge in [-0.2, -0.15) is 0 Å². The van der Waals surface area contributed by atoms with E-state index in [2.05, 4.69) is 12.2 Å². The standard InChI is InChI=1S/C13H19NO2S/c1-2-3-11-4-6-12(7-5-11)14-13(16)10-17-9-8-15/h4-7,15H,2-3,8-10H2,1H3,(H,14,16). The molecule has 94 valence electrons. The second-order valence-corrected chi connectivity index (χ2v) is 4.88. The Balaban J connectivity index is 2.37. The van der Waals surface area contributed by atoms with E-state index in [-0.39, 0.29) is 12.5 Å². The van der Waals surface area contributed by atoms with Crippen LogP contribution in [0.2, 0.25) is 0 Å². The van der Waals surface area contributed by atoms with Crippen molar-refractivity contribution in [1.82, 2.24) is 0 Å². The summed E-state index contributed by atoms with van der Waals surface area (Å²) in [5.74, 6) is 0.965. The molecule has 1 rings (SSSR count). The van der Waals surface area contributed by atoms with Gasteiger partial charge >= 0.3 is 0 Å². The minimum absolute atomic E-state index is 0.0216. The second kappa shape index (κ2) is 8.14. The third kappa shape index (κ3) is 5.75. The van der Waals surface area contributed by atoms with Crippen molar-refractivity contribution in [2.45, 2.75) is 19.8 Å². The van der Waals surface area contributed by atoms with E-state index in [4.69, 9.17) is 5.11 Å². The zero-order valence-corrected chi connectivity index (χ0v) is 10.9. The van der Waals surface area contributed by atoms with E-state index in [1.807, 2.05) is 24.3 Å². The number of aryl methyl sites for hydroxylation is 1. The predicted molar refractivity (Wildman–Crippen MR) is 73.5 cm³/mol. The van der Waals surface area contributed by atoms with Crippen molar-refractivity contribution < 1.29 is 9.90 Å². The van der Waals surface area contributed by atoms with Gasteiger partial charge in [0.25, 0.3) is 0 Å². The summed E-state index contributed by atoms with van der Waals surface area (Å²) < 4.78 is 0. The average Bonchev–Trinajstić information content (AvgIpc) is 2.32. The number of amides is 1. The topological polar surface area (TPSA) is 49.3 Å². The molecule has 3 nitrogen and oxygen atoms in total. The maximum Gasteiger partial charge on any atom is 0.234 e. The summed E-state index contributed by atoms with van der Waals surface area (Å²) in [5, 5.41) is 11.4. The molecule has 0 aliphatic heterocycles. The van der Waals surface area contributed by atoms with E-state index in [1.165, 1.54) is 17.3 Å². The molecule has 0 fully saturated rings. The van der Waals surface area contributed by atoms with Crippen molar-refractivity contribution in [3.8, 4) is 0 Å². The zero-order chi connectivity index (χ0) is 12.5. The van der Waals surface area contributed by atoms with Crippen molar-refractivity contribution in [2.24, 2.45) is 0 Å². The number of thioether (sulfide) groups is 1. The van der Waals surface area contributed by atoms with Crippen LogP contribution in [0.25, 0.3) is 0 Å². The molecule has 1 aromatic carbocycles. The number of carbonyl (C=O) groups is 1. The molecule has 0 heterocycles. The van der Waals surface area contributed by atoms with E-state index in [1.54, 1.807) is 0 Å². The highest BCUT2D eigenvalue weighted by Gasteiger charge is 2.02. The summed E-state index contributed by atoms with van der Waals surface area (Å²) in [5.41, 5.74) is 2.12. The lowest BCUT2D eigenvalue weighted by Gasteiger charge is -2.05. The maximum atomic E-state index is 11.5. The smallest absolute Gasteiger partial charge is 0.234 e. The number of rotatable bonds is 7. The normalized spacial score (nSPS) is 10.2. The molecule has 0 aromatic heterocycles. The molecule has 0 radical (unpaired) electrons. The first-order valence-corrected chi connectivity index (χ1v) is 6.99. The Kier molecular flexibility index (Phi) is 6.74. The first kappa shape index (κ1) is 14.1. The Morgan fingerprint density at radius 2 is 2.06 bits per heavy atom. The molecular weight excluding hydrogens is 234 g/mol. The fraction of sp³-hybridized carbons (Fsp3) is 0.462. The van der Waals surface area contributed by atoms with Gasteiger partial charge in [0.05, 0.1) is 12.4 Å². The van der Waals surface area contributed by atoms with E-state index in [0.29, 0.717) is 11.5 Å². The molecular formula is C13H19NO2S. The Morgan fingerprint density at radius 1 is 1.35 bits per heavy atom. The van der Waals surface area contributed by atoms with E-state index in [0.717, 1.165) is 18.5 Å². The van der Waals surface area contributed by atoms with Crippen molar-refractivity contribution in [3.63, 3.8) is 0 Å². The summed E-state index contributed by atoms with van der Waals surface area (Å²) in [6.07, 6.45) is 2.20. The zero-order valence-electron chi connectivity index (χ0n) is 10.1. The summed E-state index contributed by atoms with van der Waals surface area (Å²) in [4.78, 5) is 11.5. The molecule has 2 N–H and O–H groups in total. The van der Waals surface area contributed by atoms with Gasteiger partial charge in [-0.25, -0.2) is 0 Å². The van der Waals surface area contributed by atoms with E-state index < -0.39 is 0 Å². The molecule has 0 saturated heterocycles. The van der Waals surface area contributed by atoms with Crippen LogP contribution >= 0.6 is 11.8 Å². The van der Waals surface area contributed by atoms with Crippen LogP contribution < -0.4 is 5.32 Å². The minimum atomic E-state index is -0.0216. The number of hydrogen-bond donors (Lipinski definition) is 2. The lowest BCUT2D eigenvalue weighted by Crippen LogP contribution is -2.14. The maximum absolute atomic E-state index is 11.5. The minimum Gasteiger partial charge on any atom is -0.396 e. The first-order chi connectivity index (χ1) is 8.26. The van der Waals surface area contributed by atoms with Crippen LogP contribution in [0.4, 0.5) is 5.69 Å². The predicted octanol–water partition coefficient (Wildman–Crippen LogP) is 2.30. The quantitative estimate of drug-likeness (QED) is 0.733. The molecule has 0 bridgehead atoms. The van der Waals surface area contributed by atoms with Crippen LogP contribution in [0.5, 0.6) is 0 Å². The Bertz CT molecular complexity index is 338. The lowest BCUT2D eigenvalue weighted by atomic mass is 10.1. The van der Waals surface area contributed by atoms with Crippen LogP contribution in [0.3, 0.4) is 0 Å². The monoisotopic (exact) mass is 253 g/mol. The summed E-state index contributed by atoms with van der Waals surface area (Å²) in [7, 11) is 0. The largest absolute Gasteiger partial charge is 0.396 e. The van der Waals surface area contributed by atoms with E-state index in [9.17, 15) is 4.79 Å². The van der Waals surface area contributed by atoms with Crippen molar-refractivity contribution in [2.75, 3.05) is 23.4 Å². The molecule has 0 aliphatic carbocycles. The third-order valence-electron chi connectivity index (χ3n) is 2.25. The Hall–Kier alpha value is -1.00. The first-order valence-electron chi connectivity index (χ1n) is 5.83. The number of nitrogens with one attached hydrogen (secondary N) is 1.